The molecule has 2 N–H and O–H groups in total. The van der Waals surface area contributed by atoms with Gasteiger partial charge in [-0.25, -0.2) is 4.79 Å². The van der Waals surface area contributed by atoms with E-state index in [1.54, 1.807) is 25.7 Å². The fourth-order valence-electron chi connectivity index (χ4n) is 3.02. The molecule has 0 aromatic heterocycles. The van der Waals surface area contributed by atoms with Crippen LogP contribution in [0.15, 0.2) is 12.1 Å². The van der Waals surface area contributed by atoms with E-state index < -0.39 is 11.7 Å². The number of methoxy groups -OCH3 is 2. The molecule has 150 valence electrons. The van der Waals surface area contributed by atoms with Crippen molar-refractivity contribution in [2.45, 2.75) is 45.3 Å². The van der Waals surface area contributed by atoms with Crippen LogP contribution >= 0.6 is 0 Å². The number of carbonyl (C=O) groups excluding carboxylic acids is 2. The highest BCUT2D eigenvalue weighted by atomic mass is 16.6. The standard InChI is InChI=1S/C19H28N2O6/c1-19(2,3)27-18(24)20-14-10-16(26-5)15(25-4)9-13(14)17(23)21-8-6-7-12(21)11-22/h9-10,12,22H,6-8,11H2,1-5H3,(H,20,24). The molecule has 0 aliphatic carbocycles. The molecule has 1 heterocycles. The summed E-state index contributed by atoms with van der Waals surface area (Å²) in [6.45, 7) is 5.70. The van der Waals surface area contributed by atoms with Gasteiger partial charge in [-0.2, -0.15) is 0 Å². The maximum absolute atomic E-state index is 13.1. The summed E-state index contributed by atoms with van der Waals surface area (Å²) < 4.78 is 15.9. The van der Waals surface area contributed by atoms with Crippen LogP contribution < -0.4 is 14.8 Å². The number of ether oxygens (including phenoxy) is 3. The average Bonchev–Trinajstić information content (AvgIpc) is 3.07. The number of nitrogens with one attached hydrogen (secondary N) is 1. The number of aliphatic hydroxyl groups is 1. The molecule has 1 saturated heterocycles. The third kappa shape index (κ3) is 5.03. The number of hydrogen-bond donors (Lipinski definition) is 2. The summed E-state index contributed by atoms with van der Waals surface area (Å²) in [7, 11) is 2.94. The fourth-order valence-corrected chi connectivity index (χ4v) is 3.02. The van der Waals surface area contributed by atoms with Crippen LogP contribution in [0.5, 0.6) is 11.5 Å². The average molecular weight is 380 g/mol. The van der Waals surface area contributed by atoms with Crippen LogP contribution in [0, 0.1) is 0 Å². The number of rotatable bonds is 5. The first-order valence-corrected chi connectivity index (χ1v) is 8.88. The van der Waals surface area contributed by atoms with Crippen LogP contribution in [0.1, 0.15) is 44.0 Å². The summed E-state index contributed by atoms with van der Waals surface area (Å²) in [5, 5.41) is 12.2. The normalized spacial score (nSPS) is 16.8. The Kier molecular flexibility index (Phi) is 6.54. The van der Waals surface area contributed by atoms with Gasteiger partial charge in [0, 0.05) is 12.6 Å². The van der Waals surface area contributed by atoms with E-state index in [1.807, 2.05) is 0 Å². The van der Waals surface area contributed by atoms with Crippen molar-refractivity contribution in [2.24, 2.45) is 0 Å². The molecule has 0 saturated carbocycles. The smallest absolute Gasteiger partial charge is 0.412 e. The first kappa shape index (κ1) is 20.8. The number of anilines is 1. The molecule has 1 unspecified atom stereocenters. The van der Waals surface area contributed by atoms with Crippen molar-refractivity contribution in [3.8, 4) is 11.5 Å². The summed E-state index contributed by atoms with van der Waals surface area (Å²) in [5.41, 5.74) is -0.170. The number of amides is 2. The predicted molar refractivity (Wildman–Crippen MR) is 101 cm³/mol. The summed E-state index contributed by atoms with van der Waals surface area (Å²) in [4.78, 5) is 26.9. The molecule has 27 heavy (non-hydrogen) atoms. The molecular weight excluding hydrogens is 352 g/mol. The number of likely N-dealkylation sites (tertiary alicyclic amines) is 1. The van der Waals surface area contributed by atoms with Crippen molar-refractivity contribution in [1.82, 2.24) is 4.90 Å². The lowest BCUT2D eigenvalue weighted by Gasteiger charge is -2.25. The highest BCUT2D eigenvalue weighted by molar-refractivity contribution is 6.03. The summed E-state index contributed by atoms with van der Waals surface area (Å²) >= 11 is 0. The Morgan fingerprint density at radius 3 is 2.41 bits per heavy atom. The Morgan fingerprint density at radius 2 is 1.85 bits per heavy atom. The lowest BCUT2D eigenvalue weighted by Crippen LogP contribution is -2.38. The zero-order valence-corrected chi connectivity index (χ0v) is 16.5. The lowest BCUT2D eigenvalue weighted by atomic mass is 10.1. The van der Waals surface area contributed by atoms with E-state index >= 15 is 0 Å². The van der Waals surface area contributed by atoms with Gasteiger partial charge in [-0.1, -0.05) is 0 Å². The first-order chi connectivity index (χ1) is 12.7. The minimum Gasteiger partial charge on any atom is -0.493 e. The quantitative estimate of drug-likeness (QED) is 0.815. The van der Waals surface area contributed by atoms with Crippen molar-refractivity contribution < 1.29 is 28.9 Å². The number of carbonyl (C=O) groups is 2. The molecule has 1 aliphatic rings. The Balaban J connectivity index is 2.41. The van der Waals surface area contributed by atoms with Crippen LogP contribution in [0.2, 0.25) is 0 Å². The summed E-state index contributed by atoms with van der Waals surface area (Å²) in [6, 6.07) is 2.82. The second-order valence-electron chi connectivity index (χ2n) is 7.36. The van der Waals surface area contributed by atoms with Crippen molar-refractivity contribution in [3.63, 3.8) is 0 Å². The van der Waals surface area contributed by atoms with E-state index in [0.717, 1.165) is 12.8 Å². The Labute approximate surface area is 159 Å². The van der Waals surface area contributed by atoms with E-state index in [9.17, 15) is 14.7 Å². The van der Waals surface area contributed by atoms with Gasteiger partial charge in [0.1, 0.15) is 5.60 Å². The molecule has 8 nitrogen and oxygen atoms in total. The van der Waals surface area contributed by atoms with E-state index in [2.05, 4.69) is 5.32 Å². The van der Waals surface area contributed by atoms with Crippen LogP contribution in [0.4, 0.5) is 10.5 Å². The topological polar surface area (TPSA) is 97.3 Å². The summed E-state index contributed by atoms with van der Waals surface area (Å²) in [6.07, 6.45) is 0.882. The SMILES string of the molecule is COc1cc(NC(=O)OC(C)(C)C)c(C(=O)N2CCCC2CO)cc1OC. The monoisotopic (exact) mass is 380 g/mol. The molecule has 1 aromatic carbocycles. The van der Waals surface area contributed by atoms with Gasteiger partial charge in [0.25, 0.3) is 5.91 Å². The maximum Gasteiger partial charge on any atom is 0.412 e. The van der Waals surface area contributed by atoms with Gasteiger partial charge in [-0.3, -0.25) is 10.1 Å². The molecule has 8 heteroatoms. The Morgan fingerprint density at radius 1 is 1.22 bits per heavy atom. The number of aliphatic hydroxyl groups excluding tert-OH is 1. The molecule has 1 aromatic rings. The van der Waals surface area contributed by atoms with Gasteiger partial charge in [-0.15, -0.1) is 0 Å². The molecule has 2 rings (SSSR count). The van der Waals surface area contributed by atoms with Crippen molar-refractivity contribution >= 4 is 17.7 Å². The zero-order chi connectivity index (χ0) is 20.2. The lowest BCUT2D eigenvalue weighted by molar-refractivity contribution is 0.0635. The second kappa shape index (κ2) is 8.47. The highest BCUT2D eigenvalue weighted by Crippen LogP contribution is 2.35. The van der Waals surface area contributed by atoms with Gasteiger partial charge < -0.3 is 24.2 Å². The van der Waals surface area contributed by atoms with Crippen molar-refractivity contribution in [2.75, 3.05) is 32.7 Å². The van der Waals surface area contributed by atoms with Gasteiger partial charge in [0.2, 0.25) is 0 Å². The molecular formula is C19H28N2O6. The first-order valence-electron chi connectivity index (χ1n) is 8.88. The molecule has 2 amide bonds. The highest BCUT2D eigenvalue weighted by Gasteiger charge is 2.31. The van der Waals surface area contributed by atoms with Gasteiger partial charge in [0.15, 0.2) is 11.5 Å². The molecule has 0 spiro atoms. The molecule has 0 bridgehead atoms. The van der Waals surface area contributed by atoms with E-state index in [-0.39, 0.29) is 29.8 Å². The van der Waals surface area contributed by atoms with Gasteiger partial charge >= 0.3 is 6.09 Å². The molecule has 0 radical (unpaired) electrons. The predicted octanol–water partition coefficient (Wildman–Crippen LogP) is 2.65. The second-order valence-corrected chi connectivity index (χ2v) is 7.36. The zero-order valence-electron chi connectivity index (χ0n) is 16.5. The Hall–Kier alpha value is -2.48. The third-order valence-corrected chi connectivity index (χ3v) is 4.24. The molecule has 1 fully saturated rings. The minimum absolute atomic E-state index is 0.103. The number of nitrogens with zero attached hydrogens (tertiary/aromatic N) is 1. The van der Waals surface area contributed by atoms with Gasteiger partial charge in [0.05, 0.1) is 38.1 Å². The largest absolute Gasteiger partial charge is 0.493 e. The minimum atomic E-state index is -0.679. The van der Waals surface area contributed by atoms with E-state index in [0.29, 0.717) is 18.0 Å². The number of benzene rings is 1. The van der Waals surface area contributed by atoms with Crippen LogP contribution in [-0.4, -0.2) is 61.0 Å². The van der Waals surface area contributed by atoms with Crippen molar-refractivity contribution in [3.05, 3.63) is 17.7 Å². The van der Waals surface area contributed by atoms with Gasteiger partial charge in [-0.05, 0) is 39.7 Å². The van der Waals surface area contributed by atoms with Crippen LogP contribution in [-0.2, 0) is 4.74 Å². The van der Waals surface area contributed by atoms with Crippen LogP contribution in [0.3, 0.4) is 0 Å². The van der Waals surface area contributed by atoms with Crippen LogP contribution in [0.25, 0.3) is 0 Å². The fraction of sp³-hybridized carbons (Fsp3) is 0.579. The Bertz CT molecular complexity index is 698. The van der Waals surface area contributed by atoms with E-state index in [4.69, 9.17) is 14.2 Å². The maximum atomic E-state index is 13.1. The van der Waals surface area contributed by atoms with E-state index in [1.165, 1.54) is 26.4 Å². The number of hydrogen-bond acceptors (Lipinski definition) is 6. The third-order valence-electron chi connectivity index (χ3n) is 4.24. The molecule has 1 atom stereocenters. The molecule has 1 aliphatic heterocycles. The van der Waals surface area contributed by atoms with Crippen molar-refractivity contribution in [1.29, 1.82) is 0 Å². The summed E-state index contributed by atoms with van der Waals surface area (Å²) in [5.74, 6) is 0.453.